The first kappa shape index (κ1) is 18.2. The van der Waals surface area contributed by atoms with Crippen LogP contribution in [-0.2, 0) is 9.53 Å². The van der Waals surface area contributed by atoms with E-state index in [-0.39, 0.29) is 29.6 Å². The zero-order valence-electron chi connectivity index (χ0n) is 14.8. The Morgan fingerprint density at radius 3 is 2.66 bits per heavy atom. The Morgan fingerprint density at radius 2 is 1.90 bits per heavy atom. The molecule has 0 N–H and O–H groups in total. The maximum atomic E-state index is 12.1. The fraction of sp³-hybridized carbons (Fsp3) is 0.100. The highest BCUT2D eigenvalue weighted by molar-refractivity contribution is 5.99. The Hall–Kier alpha value is -4.14. The number of furan rings is 1. The lowest BCUT2D eigenvalue weighted by Gasteiger charge is -2.01. The molecule has 4 rings (SSSR count). The van der Waals surface area contributed by atoms with Gasteiger partial charge in [0.05, 0.1) is 16.6 Å². The van der Waals surface area contributed by atoms with Gasteiger partial charge in [-0.3, -0.25) is 14.9 Å². The highest BCUT2D eigenvalue weighted by Crippen LogP contribution is 2.38. The number of carbonyl (C=O) groups excluding carboxylic acids is 2. The van der Waals surface area contributed by atoms with Crippen molar-refractivity contribution in [1.82, 2.24) is 0 Å². The Labute approximate surface area is 163 Å². The second kappa shape index (κ2) is 7.47. The summed E-state index contributed by atoms with van der Waals surface area (Å²) in [6.07, 6.45) is 2.21. The predicted molar refractivity (Wildman–Crippen MR) is 99.8 cm³/mol. The van der Waals surface area contributed by atoms with E-state index in [0.717, 1.165) is 11.5 Å². The third kappa shape index (κ3) is 3.79. The molecule has 0 radical (unpaired) electrons. The molecule has 0 atom stereocenters. The summed E-state index contributed by atoms with van der Waals surface area (Å²) in [5.74, 6) is -0.663. The normalized spacial score (nSPS) is 12.4. The molecule has 2 aromatic carbocycles. The summed E-state index contributed by atoms with van der Waals surface area (Å²) in [6.45, 7) is -0.558. The van der Waals surface area contributed by atoms with Gasteiger partial charge in [-0.05, 0) is 24.3 Å². The molecule has 0 bridgehead atoms. The standard InChI is InChI=1S/C20H13NO8/c22-15(17-8-13-3-1-2-4-16(13)29-17)10-26-20(23)6-5-12-7-18-19(28-11-27-18)9-14(12)21(24)25/h1-9H,10-11H2/b6-5+. The van der Waals surface area contributed by atoms with Crippen molar-refractivity contribution < 1.29 is 33.1 Å². The summed E-state index contributed by atoms with van der Waals surface area (Å²) in [5.41, 5.74) is 0.439. The third-order valence-corrected chi connectivity index (χ3v) is 4.16. The molecule has 146 valence electrons. The molecule has 9 nitrogen and oxygen atoms in total. The Balaban J connectivity index is 1.42. The molecule has 1 aliphatic rings. The summed E-state index contributed by atoms with van der Waals surface area (Å²) >= 11 is 0. The van der Waals surface area contributed by atoms with E-state index in [1.54, 1.807) is 24.3 Å². The Kier molecular flexibility index (Phi) is 4.70. The molecule has 0 saturated heterocycles. The van der Waals surface area contributed by atoms with Crippen molar-refractivity contribution >= 4 is 34.5 Å². The molecule has 0 spiro atoms. The molecule has 9 heteroatoms. The molecule has 2 heterocycles. The van der Waals surface area contributed by atoms with Gasteiger partial charge in [-0.25, -0.2) is 4.79 Å². The van der Waals surface area contributed by atoms with Crippen molar-refractivity contribution in [2.24, 2.45) is 0 Å². The number of carbonyl (C=O) groups is 2. The highest BCUT2D eigenvalue weighted by Gasteiger charge is 2.22. The van der Waals surface area contributed by atoms with E-state index in [2.05, 4.69) is 0 Å². The molecule has 0 fully saturated rings. The zero-order valence-corrected chi connectivity index (χ0v) is 14.8. The fourth-order valence-electron chi connectivity index (χ4n) is 2.77. The SMILES string of the molecule is O=C(/C=C/c1cc2c(cc1[N+](=O)[O-])OCO2)OCC(=O)c1cc2ccccc2o1. The van der Waals surface area contributed by atoms with Crippen LogP contribution in [0.3, 0.4) is 0 Å². The van der Waals surface area contributed by atoms with Crippen LogP contribution in [0, 0.1) is 10.1 Å². The summed E-state index contributed by atoms with van der Waals surface area (Å²) in [6, 6.07) is 11.3. The minimum absolute atomic E-state index is 0.0361. The largest absolute Gasteiger partial charge is 0.454 e. The maximum Gasteiger partial charge on any atom is 0.331 e. The van der Waals surface area contributed by atoms with E-state index in [1.807, 2.05) is 6.07 Å². The molecule has 0 aliphatic carbocycles. The number of esters is 1. The molecule has 29 heavy (non-hydrogen) atoms. The number of hydrogen-bond acceptors (Lipinski definition) is 8. The van der Waals surface area contributed by atoms with Gasteiger partial charge in [0.1, 0.15) is 5.58 Å². The number of rotatable bonds is 6. The van der Waals surface area contributed by atoms with Gasteiger partial charge in [-0.2, -0.15) is 0 Å². The number of benzene rings is 2. The van der Waals surface area contributed by atoms with Gasteiger partial charge in [0.15, 0.2) is 23.9 Å². The molecule has 3 aromatic rings. The topological polar surface area (TPSA) is 118 Å². The first-order chi connectivity index (χ1) is 14.0. The van der Waals surface area contributed by atoms with Crippen LogP contribution in [0.5, 0.6) is 11.5 Å². The van der Waals surface area contributed by atoms with Crippen molar-refractivity contribution in [3.63, 3.8) is 0 Å². The molecule has 1 aromatic heterocycles. The van der Waals surface area contributed by atoms with Crippen LogP contribution in [0.15, 0.2) is 53.0 Å². The average Bonchev–Trinajstić information content (AvgIpc) is 3.35. The third-order valence-electron chi connectivity index (χ3n) is 4.16. The van der Waals surface area contributed by atoms with Gasteiger partial charge in [0.25, 0.3) is 5.69 Å². The van der Waals surface area contributed by atoms with Crippen LogP contribution in [0.25, 0.3) is 17.0 Å². The molecule has 0 amide bonds. The molecule has 0 saturated carbocycles. The van der Waals surface area contributed by atoms with Gasteiger partial charge in [0.2, 0.25) is 12.6 Å². The maximum absolute atomic E-state index is 12.1. The second-order valence-electron chi connectivity index (χ2n) is 6.03. The lowest BCUT2D eigenvalue weighted by atomic mass is 10.1. The smallest absolute Gasteiger partial charge is 0.331 e. The monoisotopic (exact) mass is 395 g/mol. The van der Waals surface area contributed by atoms with Gasteiger partial charge in [-0.1, -0.05) is 18.2 Å². The Bertz CT molecular complexity index is 1130. The predicted octanol–water partition coefficient (Wildman–Crippen LogP) is 3.51. The fourth-order valence-corrected chi connectivity index (χ4v) is 2.77. The highest BCUT2D eigenvalue weighted by atomic mass is 16.7. The summed E-state index contributed by atoms with van der Waals surface area (Å²) in [5, 5.41) is 12.0. The number of hydrogen-bond donors (Lipinski definition) is 0. The number of Topliss-reactive ketones (excluding diaryl/α,β-unsaturated/α-hetero) is 1. The van der Waals surface area contributed by atoms with Crippen molar-refractivity contribution in [2.75, 3.05) is 13.4 Å². The number of ether oxygens (including phenoxy) is 3. The molecule has 1 aliphatic heterocycles. The van der Waals surface area contributed by atoms with Crippen LogP contribution in [0.4, 0.5) is 5.69 Å². The summed E-state index contributed by atoms with van der Waals surface area (Å²) < 4.78 is 20.6. The second-order valence-corrected chi connectivity index (χ2v) is 6.03. The Morgan fingerprint density at radius 1 is 1.14 bits per heavy atom. The molecule has 0 unspecified atom stereocenters. The van der Waals surface area contributed by atoms with Crippen LogP contribution < -0.4 is 9.47 Å². The zero-order chi connectivity index (χ0) is 20.4. The first-order valence-electron chi connectivity index (χ1n) is 8.46. The van der Waals surface area contributed by atoms with E-state index >= 15 is 0 Å². The van der Waals surface area contributed by atoms with Gasteiger partial charge >= 0.3 is 5.97 Å². The van der Waals surface area contributed by atoms with Gasteiger partial charge in [0, 0.05) is 11.5 Å². The van der Waals surface area contributed by atoms with E-state index in [1.165, 1.54) is 18.2 Å². The van der Waals surface area contributed by atoms with E-state index in [4.69, 9.17) is 18.6 Å². The molecular weight excluding hydrogens is 382 g/mol. The summed E-state index contributed by atoms with van der Waals surface area (Å²) in [7, 11) is 0. The van der Waals surface area contributed by atoms with Crippen molar-refractivity contribution in [1.29, 1.82) is 0 Å². The number of nitrogens with zero attached hydrogens (tertiary/aromatic N) is 1. The van der Waals surface area contributed by atoms with E-state index < -0.39 is 23.3 Å². The number of fused-ring (bicyclic) bond motifs is 2. The number of para-hydroxylation sites is 1. The lowest BCUT2D eigenvalue weighted by molar-refractivity contribution is -0.385. The quantitative estimate of drug-likeness (QED) is 0.205. The van der Waals surface area contributed by atoms with Crippen LogP contribution >= 0.6 is 0 Å². The first-order valence-corrected chi connectivity index (χ1v) is 8.46. The van der Waals surface area contributed by atoms with Crippen LogP contribution in [0.2, 0.25) is 0 Å². The van der Waals surface area contributed by atoms with Gasteiger partial charge < -0.3 is 18.6 Å². The summed E-state index contributed by atoms with van der Waals surface area (Å²) in [4.78, 5) is 34.7. The van der Waals surface area contributed by atoms with E-state index in [0.29, 0.717) is 11.3 Å². The van der Waals surface area contributed by atoms with Crippen molar-refractivity contribution in [3.05, 3.63) is 70.0 Å². The lowest BCUT2D eigenvalue weighted by Crippen LogP contribution is -2.11. The number of nitro benzene ring substituents is 1. The average molecular weight is 395 g/mol. The minimum Gasteiger partial charge on any atom is -0.454 e. The minimum atomic E-state index is -0.832. The van der Waals surface area contributed by atoms with Crippen molar-refractivity contribution in [2.45, 2.75) is 0 Å². The number of nitro groups is 1. The van der Waals surface area contributed by atoms with Crippen LogP contribution in [0.1, 0.15) is 16.1 Å². The van der Waals surface area contributed by atoms with Crippen LogP contribution in [-0.4, -0.2) is 30.1 Å². The number of ketones is 1. The van der Waals surface area contributed by atoms with Gasteiger partial charge in [-0.15, -0.1) is 0 Å². The van der Waals surface area contributed by atoms with Crippen molar-refractivity contribution in [3.8, 4) is 11.5 Å². The van der Waals surface area contributed by atoms with E-state index in [9.17, 15) is 19.7 Å². The molecular formula is C20H13NO8.